The number of fused-ring (bicyclic) bond motifs is 1. The summed E-state index contributed by atoms with van der Waals surface area (Å²) in [5.74, 6) is -0.554. The number of imidazole rings is 1. The zero-order chi connectivity index (χ0) is 15.1. The lowest BCUT2D eigenvalue weighted by Gasteiger charge is -2.07. The van der Waals surface area contributed by atoms with Crippen LogP contribution in [0.5, 0.6) is 0 Å². The van der Waals surface area contributed by atoms with Gasteiger partial charge in [-0.25, -0.2) is 14.1 Å². The molecule has 0 spiro atoms. The number of benzene rings is 2. The molecule has 0 aliphatic heterocycles. The second-order valence-corrected chi connectivity index (χ2v) is 5.55. The molecule has 2 atom stereocenters. The molecule has 1 amide bonds. The number of hydrogen-bond donors (Lipinski definition) is 1. The van der Waals surface area contributed by atoms with Crippen LogP contribution < -0.4 is 5.43 Å². The van der Waals surface area contributed by atoms with Crippen LogP contribution in [0.4, 0.5) is 4.39 Å². The van der Waals surface area contributed by atoms with Crippen LogP contribution in [0.25, 0.3) is 11.0 Å². The summed E-state index contributed by atoms with van der Waals surface area (Å²) in [6.07, 6.45) is 2.27. The quantitative estimate of drug-likeness (QED) is 0.807. The van der Waals surface area contributed by atoms with E-state index in [1.54, 1.807) is 29.2 Å². The van der Waals surface area contributed by atoms with Gasteiger partial charge in [0.1, 0.15) is 12.1 Å². The Kier molecular flexibility index (Phi) is 2.92. The minimum absolute atomic E-state index is 0.0315. The lowest BCUT2D eigenvalue weighted by molar-refractivity contribution is -0.118. The van der Waals surface area contributed by atoms with Gasteiger partial charge in [0.05, 0.1) is 11.0 Å². The van der Waals surface area contributed by atoms with Crippen LogP contribution in [-0.2, 0) is 4.79 Å². The second kappa shape index (κ2) is 4.94. The van der Waals surface area contributed by atoms with Gasteiger partial charge >= 0.3 is 0 Å². The number of nitrogens with zero attached hydrogens (tertiary/aromatic N) is 2. The van der Waals surface area contributed by atoms with Crippen molar-refractivity contribution in [3.05, 3.63) is 66.2 Å². The molecule has 1 aromatic heterocycles. The monoisotopic (exact) mass is 295 g/mol. The lowest BCUT2D eigenvalue weighted by atomic mass is 10.1. The van der Waals surface area contributed by atoms with Crippen LogP contribution in [0.1, 0.15) is 17.9 Å². The summed E-state index contributed by atoms with van der Waals surface area (Å²) in [5.41, 5.74) is 5.13. The predicted octanol–water partition coefficient (Wildman–Crippen LogP) is 3.05. The molecule has 0 unspecified atom stereocenters. The Balaban J connectivity index is 1.51. The van der Waals surface area contributed by atoms with E-state index in [0.717, 1.165) is 11.0 Å². The van der Waals surface area contributed by atoms with Gasteiger partial charge in [0.25, 0.3) is 0 Å². The third kappa shape index (κ3) is 2.15. The Hall–Kier alpha value is -2.69. The van der Waals surface area contributed by atoms with E-state index in [2.05, 4.69) is 10.4 Å². The number of carbonyl (C=O) groups excluding carboxylic acids is 1. The molecule has 22 heavy (non-hydrogen) atoms. The smallest absolute Gasteiger partial charge is 0.242 e. The summed E-state index contributed by atoms with van der Waals surface area (Å²) in [5, 5.41) is 0. The number of halogens is 1. The number of carbonyl (C=O) groups is 1. The highest BCUT2D eigenvalue weighted by atomic mass is 19.1. The standard InChI is InChI=1S/C17H14FN3O/c18-14-6-2-1-5-11(14)12-9-13(12)17(22)20-21-10-19-15-7-3-4-8-16(15)21/h1-8,10,12-13H,9H2,(H,20,22)/t12-,13+/m0/s1. The Morgan fingerprint density at radius 1 is 1.18 bits per heavy atom. The topological polar surface area (TPSA) is 46.9 Å². The van der Waals surface area contributed by atoms with E-state index in [4.69, 9.17) is 0 Å². The molecule has 3 aromatic rings. The van der Waals surface area contributed by atoms with Gasteiger partial charge in [0.2, 0.25) is 5.91 Å². The molecule has 1 N–H and O–H groups in total. The van der Waals surface area contributed by atoms with E-state index >= 15 is 0 Å². The van der Waals surface area contributed by atoms with E-state index in [9.17, 15) is 9.18 Å². The van der Waals surface area contributed by atoms with Gasteiger partial charge in [-0.15, -0.1) is 0 Å². The molecule has 0 bridgehead atoms. The first-order chi connectivity index (χ1) is 10.7. The van der Waals surface area contributed by atoms with Crippen molar-refractivity contribution in [1.29, 1.82) is 0 Å². The van der Waals surface area contributed by atoms with Crippen molar-refractivity contribution in [2.45, 2.75) is 12.3 Å². The highest BCUT2D eigenvalue weighted by Gasteiger charge is 2.45. The molecule has 0 saturated heterocycles. The Morgan fingerprint density at radius 2 is 1.95 bits per heavy atom. The molecule has 1 aliphatic rings. The van der Waals surface area contributed by atoms with E-state index < -0.39 is 0 Å². The van der Waals surface area contributed by atoms with Crippen molar-refractivity contribution in [2.75, 3.05) is 5.43 Å². The maximum Gasteiger partial charge on any atom is 0.242 e. The normalized spacial score (nSPS) is 20.0. The molecule has 0 radical (unpaired) electrons. The van der Waals surface area contributed by atoms with E-state index in [1.165, 1.54) is 6.07 Å². The molecule has 1 saturated carbocycles. The zero-order valence-electron chi connectivity index (χ0n) is 11.7. The van der Waals surface area contributed by atoms with Crippen LogP contribution in [0, 0.1) is 11.7 Å². The first-order valence-corrected chi connectivity index (χ1v) is 7.21. The molecule has 110 valence electrons. The first-order valence-electron chi connectivity index (χ1n) is 7.21. The molecule has 1 aliphatic carbocycles. The van der Waals surface area contributed by atoms with Crippen molar-refractivity contribution in [3.8, 4) is 0 Å². The van der Waals surface area contributed by atoms with Crippen LogP contribution in [0.15, 0.2) is 54.9 Å². The van der Waals surface area contributed by atoms with E-state index in [0.29, 0.717) is 12.0 Å². The Labute approximate surface area is 126 Å². The van der Waals surface area contributed by atoms with Crippen molar-refractivity contribution < 1.29 is 9.18 Å². The van der Waals surface area contributed by atoms with Gasteiger partial charge in [-0.3, -0.25) is 10.2 Å². The molecular formula is C17H14FN3O. The summed E-state index contributed by atoms with van der Waals surface area (Å²) < 4.78 is 15.4. The molecule has 1 fully saturated rings. The van der Waals surface area contributed by atoms with Crippen molar-refractivity contribution in [3.63, 3.8) is 0 Å². The van der Waals surface area contributed by atoms with Gasteiger partial charge < -0.3 is 0 Å². The molecule has 5 heteroatoms. The minimum Gasteiger partial charge on any atom is -0.273 e. The van der Waals surface area contributed by atoms with Gasteiger partial charge in [0.15, 0.2) is 0 Å². The molecule has 2 aromatic carbocycles. The number of hydrogen-bond acceptors (Lipinski definition) is 2. The van der Waals surface area contributed by atoms with Crippen molar-refractivity contribution in [1.82, 2.24) is 9.66 Å². The SMILES string of the molecule is O=C(Nn1cnc2ccccc21)[C@@H]1C[C@H]1c1ccccc1F. The fourth-order valence-corrected chi connectivity index (χ4v) is 2.85. The average Bonchev–Trinajstić information content (AvgIpc) is 3.24. The highest BCUT2D eigenvalue weighted by Crippen LogP contribution is 2.48. The van der Waals surface area contributed by atoms with Gasteiger partial charge in [0, 0.05) is 5.92 Å². The summed E-state index contributed by atoms with van der Waals surface area (Å²) >= 11 is 0. The average molecular weight is 295 g/mol. The van der Waals surface area contributed by atoms with Crippen LogP contribution in [0.3, 0.4) is 0 Å². The second-order valence-electron chi connectivity index (χ2n) is 5.55. The van der Waals surface area contributed by atoms with Crippen molar-refractivity contribution >= 4 is 16.9 Å². The maximum absolute atomic E-state index is 13.8. The third-order valence-corrected chi connectivity index (χ3v) is 4.12. The van der Waals surface area contributed by atoms with Gasteiger partial charge in [-0.1, -0.05) is 30.3 Å². The highest BCUT2D eigenvalue weighted by molar-refractivity contribution is 5.91. The number of amides is 1. The predicted molar refractivity (Wildman–Crippen MR) is 81.3 cm³/mol. The van der Waals surface area contributed by atoms with E-state index in [-0.39, 0.29) is 23.6 Å². The molecule has 4 nitrogen and oxygen atoms in total. The number of aromatic nitrogens is 2. The summed E-state index contributed by atoms with van der Waals surface area (Å²) in [7, 11) is 0. The maximum atomic E-state index is 13.8. The summed E-state index contributed by atoms with van der Waals surface area (Å²) in [6, 6.07) is 14.2. The third-order valence-electron chi connectivity index (χ3n) is 4.12. The Bertz CT molecular complexity index is 858. The lowest BCUT2D eigenvalue weighted by Crippen LogP contribution is -2.24. The first kappa shape index (κ1) is 13.0. The number of nitrogens with one attached hydrogen (secondary N) is 1. The van der Waals surface area contributed by atoms with Gasteiger partial charge in [-0.05, 0) is 36.1 Å². The summed E-state index contributed by atoms with van der Waals surface area (Å²) in [6.45, 7) is 0. The molecule has 1 heterocycles. The minimum atomic E-state index is -0.240. The summed E-state index contributed by atoms with van der Waals surface area (Å²) in [4.78, 5) is 16.6. The molecular weight excluding hydrogens is 281 g/mol. The fraction of sp³-hybridized carbons (Fsp3) is 0.176. The fourth-order valence-electron chi connectivity index (χ4n) is 2.85. The number of rotatable bonds is 3. The van der Waals surface area contributed by atoms with Crippen LogP contribution in [0.2, 0.25) is 0 Å². The van der Waals surface area contributed by atoms with E-state index in [1.807, 2.05) is 24.3 Å². The van der Waals surface area contributed by atoms with Crippen molar-refractivity contribution in [2.24, 2.45) is 5.92 Å². The largest absolute Gasteiger partial charge is 0.273 e. The van der Waals surface area contributed by atoms with Crippen LogP contribution >= 0.6 is 0 Å². The van der Waals surface area contributed by atoms with Crippen LogP contribution in [-0.4, -0.2) is 15.6 Å². The Morgan fingerprint density at radius 3 is 2.82 bits per heavy atom. The van der Waals surface area contributed by atoms with Gasteiger partial charge in [-0.2, -0.15) is 0 Å². The zero-order valence-corrected chi connectivity index (χ0v) is 11.7. The molecule has 4 rings (SSSR count). The number of para-hydroxylation sites is 2.